The van der Waals surface area contributed by atoms with Crippen molar-refractivity contribution in [2.45, 2.75) is 0 Å². The molecule has 2 heterocycles. The van der Waals surface area contributed by atoms with Crippen molar-refractivity contribution in [3.63, 3.8) is 0 Å². The quantitative estimate of drug-likeness (QED) is 0.134. The molecule has 0 saturated carbocycles. The molecule has 0 saturated heterocycles. The summed E-state index contributed by atoms with van der Waals surface area (Å²) in [4.78, 5) is 10.4. The van der Waals surface area contributed by atoms with E-state index in [0.29, 0.717) is 5.30 Å². The molecule has 8 aromatic carbocycles. The van der Waals surface area contributed by atoms with Gasteiger partial charge in [-0.1, -0.05) is 164 Å². The highest BCUT2D eigenvalue weighted by molar-refractivity contribution is 7.85. The van der Waals surface area contributed by atoms with E-state index in [9.17, 15) is 0 Å². The summed E-state index contributed by atoms with van der Waals surface area (Å²) in [7, 11) is -3.25. The number of aromatic nitrogens is 2. The van der Waals surface area contributed by atoms with E-state index in [1.54, 1.807) is 6.20 Å². The summed E-state index contributed by atoms with van der Waals surface area (Å²) in [6, 6.07) is 60.4. The van der Waals surface area contributed by atoms with Gasteiger partial charge in [-0.05, 0) is 44.6 Å². The SMILES string of the molecule is O=P(c1ccccc1)(c1ccccc1)c1cncc(-c2cc3c(-c4ccccc4)nc4c5ccccc5c5ccccc5c4c3c3ccccc23)c1. The van der Waals surface area contributed by atoms with E-state index in [4.69, 9.17) is 9.97 Å². The van der Waals surface area contributed by atoms with Gasteiger partial charge in [0.25, 0.3) is 0 Å². The lowest BCUT2D eigenvalue weighted by atomic mass is 9.87. The number of hydrogen-bond acceptors (Lipinski definition) is 3. The van der Waals surface area contributed by atoms with Crippen LogP contribution in [-0.4, -0.2) is 9.97 Å². The van der Waals surface area contributed by atoms with Gasteiger partial charge in [-0.15, -0.1) is 0 Å². The average Bonchev–Trinajstić information content (AvgIpc) is 3.23. The Bertz CT molecular complexity index is 2990. The Hall–Kier alpha value is -6.41. The third-order valence-electron chi connectivity index (χ3n) is 10.4. The van der Waals surface area contributed by atoms with Crippen molar-refractivity contribution >= 4 is 77.0 Å². The highest BCUT2D eigenvalue weighted by atomic mass is 31.2. The van der Waals surface area contributed by atoms with Gasteiger partial charge in [-0.25, -0.2) is 4.98 Å². The molecule has 0 N–H and O–H groups in total. The molecule has 10 aromatic rings. The van der Waals surface area contributed by atoms with Crippen LogP contribution in [-0.2, 0) is 4.57 Å². The van der Waals surface area contributed by atoms with Crippen LogP contribution in [0.5, 0.6) is 0 Å². The van der Waals surface area contributed by atoms with Gasteiger partial charge in [-0.3, -0.25) is 4.98 Å². The number of rotatable bonds is 5. The molecule has 0 amide bonds. The molecule has 0 aliphatic heterocycles. The molecule has 3 nitrogen and oxygen atoms in total. The van der Waals surface area contributed by atoms with Crippen LogP contribution in [0.3, 0.4) is 0 Å². The molecule has 0 aliphatic carbocycles. The van der Waals surface area contributed by atoms with Crippen LogP contribution in [0.4, 0.5) is 0 Å². The largest absolute Gasteiger partial charge is 0.309 e. The predicted octanol–water partition coefficient (Wildman–Crippen LogP) is 11.2. The average molecular weight is 683 g/mol. The number of fused-ring (bicyclic) bond motifs is 10. The summed E-state index contributed by atoms with van der Waals surface area (Å²) >= 11 is 0. The predicted molar refractivity (Wildman–Crippen MR) is 220 cm³/mol. The van der Waals surface area contributed by atoms with E-state index in [0.717, 1.165) is 65.4 Å². The minimum absolute atomic E-state index is 0.698. The van der Waals surface area contributed by atoms with Crippen molar-refractivity contribution < 1.29 is 4.57 Å². The first-order valence-electron chi connectivity index (χ1n) is 17.5. The van der Waals surface area contributed by atoms with Crippen LogP contribution < -0.4 is 15.9 Å². The van der Waals surface area contributed by atoms with Crippen LogP contribution in [0.1, 0.15) is 0 Å². The Morgan fingerprint density at radius 3 is 1.52 bits per heavy atom. The zero-order valence-corrected chi connectivity index (χ0v) is 29.0. The zero-order valence-electron chi connectivity index (χ0n) is 28.1. The van der Waals surface area contributed by atoms with Crippen LogP contribution in [0.2, 0.25) is 0 Å². The van der Waals surface area contributed by atoms with Crippen LogP contribution in [0.25, 0.3) is 76.4 Å². The zero-order chi connectivity index (χ0) is 34.6. The van der Waals surface area contributed by atoms with Gasteiger partial charge >= 0.3 is 0 Å². The number of nitrogens with zero attached hydrogens (tertiary/aromatic N) is 2. The van der Waals surface area contributed by atoms with E-state index >= 15 is 4.57 Å². The molecule has 10 rings (SSSR count). The minimum Gasteiger partial charge on any atom is -0.309 e. The molecule has 0 bridgehead atoms. The fraction of sp³-hybridized carbons (Fsp3) is 0. The van der Waals surface area contributed by atoms with E-state index in [1.165, 1.54) is 21.5 Å². The summed E-state index contributed by atoms with van der Waals surface area (Å²) in [5, 5.41) is 12.6. The summed E-state index contributed by atoms with van der Waals surface area (Å²) in [6.45, 7) is 0. The maximum atomic E-state index is 15.4. The molecule has 0 atom stereocenters. The Morgan fingerprint density at radius 2 is 0.885 bits per heavy atom. The lowest BCUT2D eigenvalue weighted by Gasteiger charge is -2.21. The van der Waals surface area contributed by atoms with E-state index < -0.39 is 7.14 Å². The third kappa shape index (κ3) is 4.64. The van der Waals surface area contributed by atoms with Gasteiger partial charge < -0.3 is 4.57 Å². The van der Waals surface area contributed by atoms with E-state index in [-0.39, 0.29) is 0 Å². The maximum absolute atomic E-state index is 15.4. The first-order chi connectivity index (χ1) is 25.7. The summed E-state index contributed by atoms with van der Waals surface area (Å²) in [5.41, 5.74) is 4.91. The Balaban J connectivity index is 1.34. The molecule has 52 heavy (non-hydrogen) atoms. The smallest absolute Gasteiger partial charge is 0.172 e. The minimum atomic E-state index is -3.25. The van der Waals surface area contributed by atoms with Crippen molar-refractivity contribution in [2.24, 2.45) is 0 Å². The molecule has 244 valence electrons. The second kappa shape index (κ2) is 12.1. The maximum Gasteiger partial charge on any atom is 0.172 e. The monoisotopic (exact) mass is 682 g/mol. The van der Waals surface area contributed by atoms with Crippen molar-refractivity contribution in [3.05, 3.63) is 188 Å². The second-order valence-corrected chi connectivity index (χ2v) is 16.0. The van der Waals surface area contributed by atoms with Crippen molar-refractivity contribution in [2.75, 3.05) is 0 Å². The normalized spacial score (nSPS) is 11.9. The van der Waals surface area contributed by atoms with Crippen molar-refractivity contribution in [1.82, 2.24) is 9.97 Å². The molecular formula is C48H31N2OP. The van der Waals surface area contributed by atoms with Gasteiger partial charge in [0.2, 0.25) is 0 Å². The first kappa shape index (κ1) is 30.4. The lowest BCUT2D eigenvalue weighted by Crippen LogP contribution is -2.25. The fourth-order valence-corrected chi connectivity index (χ4v) is 10.6. The Kier molecular flexibility index (Phi) is 7.09. The van der Waals surface area contributed by atoms with Crippen molar-refractivity contribution in [1.29, 1.82) is 0 Å². The first-order valence-corrected chi connectivity index (χ1v) is 19.2. The highest BCUT2D eigenvalue weighted by Crippen LogP contribution is 2.47. The molecule has 0 radical (unpaired) electrons. The van der Waals surface area contributed by atoms with Gasteiger partial charge in [0.15, 0.2) is 7.14 Å². The summed E-state index contributed by atoms with van der Waals surface area (Å²) < 4.78 is 15.4. The van der Waals surface area contributed by atoms with E-state index in [1.807, 2.05) is 72.9 Å². The number of benzene rings is 8. The van der Waals surface area contributed by atoms with Crippen molar-refractivity contribution in [3.8, 4) is 22.4 Å². The molecule has 2 aromatic heterocycles. The lowest BCUT2D eigenvalue weighted by molar-refractivity contribution is 0.592. The standard InChI is InChI=1S/C48H31N2OP/c51-52(34-18-6-2-7-19-34,35-20-8-3-9-21-35)36-28-33(30-49-31-36)43-29-44-45(40-25-13-11-24-39(40)43)46-41-26-14-10-22-37(41)38-23-12-15-27-42(38)48(46)50-47(44)32-16-4-1-5-17-32/h1-31H. The van der Waals surface area contributed by atoms with Gasteiger partial charge in [0.05, 0.1) is 11.2 Å². The number of hydrogen-bond donors (Lipinski definition) is 0. The molecule has 0 unspecified atom stereocenters. The van der Waals surface area contributed by atoms with Crippen LogP contribution in [0.15, 0.2) is 188 Å². The molecule has 0 aliphatic rings. The number of pyridine rings is 2. The van der Waals surface area contributed by atoms with Crippen LogP contribution >= 0.6 is 7.14 Å². The topological polar surface area (TPSA) is 42.9 Å². The van der Waals surface area contributed by atoms with Gasteiger partial charge in [-0.2, -0.15) is 0 Å². The second-order valence-electron chi connectivity index (χ2n) is 13.2. The molecule has 0 spiro atoms. The molecule has 0 fully saturated rings. The summed E-state index contributed by atoms with van der Waals surface area (Å²) in [6.07, 6.45) is 3.67. The fourth-order valence-electron chi connectivity index (χ4n) is 8.02. The van der Waals surface area contributed by atoms with Crippen LogP contribution in [0, 0.1) is 0 Å². The highest BCUT2D eigenvalue weighted by Gasteiger charge is 2.30. The molecule has 4 heteroatoms. The van der Waals surface area contributed by atoms with Gasteiger partial charge in [0.1, 0.15) is 0 Å². The summed E-state index contributed by atoms with van der Waals surface area (Å²) in [5.74, 6) is 0. The van der Waals surface area contributed by atoms with E-state index in [2.05, 4.69) is 109 Å². The van der Waals surface area contributed by atoms with Gasteiger partial charge in [0, 0.05) is 61.0 Å². The molecular weight excluding hydrogens is 652 g/mol. The third-order valence-corrected chi connectivity index (χ3v) is 13.4. The Labute approximate surface area is 301 Å². The Morgan fingerprint density at radius 1 is 0.385 bits per heavy atom.